The number of rotatable bonds is 4. The van der Waals surface area contributed by atoms with Gasteiger partial charge in [0.05, 0.1) is 21.8 Å². The molecule has 0 spiro atoms. The number of aromatic nitrogens is 3. The van der Waals surface area contributed by atoms with E-state index >= 15 is 0 Å². The summed E-state index contributed by atoms with van der Waals surface area (Å²) < 4.78 is 58.2. The molecule has 0 unspecified atom stereocenters. The van der Waals surface area contributed by atoms with Crippen molar-refractivity contribution in [2.45, 2.75) is 38.0 Å². The van der Waals surface area contributed by atoms with Crippen molar-refractivity contribution in [3.8, 4) is 5.69 Å². The van der Waals surface area contributed by atoms with E-state index in [1.54, 1.807) is 25.1 Å². The lowest BCUT2D eigenvalue weighted by molar-refractivity contribution is 0.519. The topological polar surface area (TPSA) is 76.9 Å². The normalized spacial score (nSPS) is 12.3. The van der Waals surface area contributed by atoms with Gasteiger partial charge in [0.25, 0.3) is 10.0 Å². The molecular formula is C23H22F2N4O2S. The number of hydrogen-bond donors (Lipinski definition) is 1. The van der Waals surface area contributed by atoms with E-state index in [-0.39, 0.29) is 10.7 Å². The summed E-state index contributed by atoms with van der Waals surface area (Å²) in [5.41, 5.74) is 1.45. The van der Waals surface area contributed by atoms with Crippen molar-refractivity contribution >= 4 is 26.7 Å². The van der Waals surface area contributed by atoms with Crippen LogP contribution in [0.25, 0.3) is 16.6 Å². The van der Waals surface area contributed by atoms with Gasteiger partial charge in [0.15, 0.2) is 0 Å². The van der Waals surface area contributed by atoms with Crippen LogP contribution in [0.15, 0.2) is 59.6 Å². The van der Waals surface area contributed by atoms with Crippen molar-refractivity contribution < 1.29 is 17.2 Å². The van der Waals surface area contributed by atoms with Crippen molar-refractivity contribution in [2.24, 2.45) is 0 Å². The second kappa shape index (κ2) is 7.67. The van der Waals surface area contributed by atoms with Crippen LogP contribution < -0.4 is 4.72 Å². The molecule has 0 amide bonds. The first kappa shape index (κ1) is 21.9. The molecule has 2 heterocycles. The number of benzene rings is 2. The monoisotopic (exact) mass is 456 g/mol. The summed E-state index contributed by atoms with van der Waals surface area (Å²) in [6.45, 7) is 7.27. The molecule has 2 aromatic heterocycles. The van der Waals surface area contributed by atoms with Crippen molar-refractivity contribution in [1.82, 2.24) is 14.8 Å². The van der Waals surface area contributed by atoms with Crippen LogP contribution in [0.2, 0.25) is 0 Å². The third-order valence-corrected chi connectivity index (χ3v) is 6.39. The number of sulfonamides is 1. The SMILES string of the molecule is Cc1cc(NS(=O)(=O)c2ccc(C(C)(C)C)c(F)c2)n(-c2ccnc3cc(F)ccc23)n1. The molecule has 0 aliphatic carbocycles. The van der Waals surface area contributed by atoms with Crippen LogP contribution >= 0.6 is 0 Å². The first-order valence-electron chi connectivity index (χ1n) is 9.90. The van der Waals surface area contributed by atoms with Crippen LogP contribution in [0.1, 0.15) is 32.0 Å². The molecule has 0 aliphatic heterocycles. The summed E-state index contributed by atoms with van der Waals surface area (Å²) in [6, 6.07) is 11.2. The van der Waals surface area contributed by atoms with Crippen LogP contribution in [-0.4, -0.2) is 23.2 Å². The van der Waals surface area contributed by atoms with Gasteiger partial charge in [0, 0.05) is 23.7 Å². The first-order chi connectivity index (χ1) is 15.0. The zero-order chi connectivity index (χ0) is 23.3. The second-order valence-corrected chi connectivity index (χ2v) is 10.3. The third-order valence-electron chi connectivity index (χ3n) is 5.04. The van der Waals surface area contributed by atoms with E-state index in [0.29, 0.717) is 27.8 Å². The minimum atomic E-state index is -4.10. The maximum atomic E-state index is 14.6. The molecule has 0 fully saturated rings. The summed E-state index contributed by atoms with van der Waals surface area (Å²) in [5, 5.41) is 4.98. The molecule has 1 N–H and O–H groups in total. The van der Waals surface area contributed by atoms with E-state index in [1.165, 1.54) is 35.1 Å². The Balaban J connectivity index is 1.77. The van der Waals surface area contributed by atoms with Gasteiger partial charge in [-0.3, -0.25) is 9.71 Å². The predicted molar refractivity (Wildman–Crippen MR) is 119 cm³/mol. The van der Waals surface area contributed by atoms with Crippen LogP contribution in [0.4, 0.5) is 14.6 Å². The number of halogens is 2. The van der Waals surface area contributed by atoms with Gasteiger partial charge in [-0.15, -0.1) is 0 Å². The zero-order valence-electron chi connectivity index (χ0n) is 18.0. The third kappa shape index (κ3) is 4.08. The summed E-state index contributed by atoms with van der Waals surface area (Å²) >= 11 is 0. The highest BCUT2D eigenvalue weighted by Gasteiger charge is 2.23. The van der Waals surface area contributed by atoms with Crippen molar-refractivity contribution in [3.63, 3.8) is 0 Å². The number of anilines is 1. The van der Waals surface area contributed by atoms with Crippen LogP contribution in [0.3, 0.4) is 0 Å². The minimum absolute atomic E-state index is 0.166. The Bertz CT molecular complexity index is 1440. The predicted octanol–water partition coefficient (Wildman–Crippen LogP) is 5.11. The van der Waals surface area contributed by atoms with Gasteiger partial charge in [-0.05, 0) is 48.2 Å². The molecule has 6 nitrogen and oxygen atoms in total. The highest BCUT2D eigenvalue weighted by molar-refractivity contribution is 7.92. The van der Waals surface area contributed by atoms with Gasteiger partial charge < -0.3 is 0 Å². The highest BCUT2D eigenvalue weighted by Crippen LogP contribution is 2.29. The minimum Gasteiger partial charge on any atom is -0.263 e. The van der Waals surface area contributed by atoms with E-state index in [9.17, 15) is 17.2 Å². The van der Waals surface area contributed by atoms with Crippen molar-refractivity contribution in [3.05, 3.63) is 77.6 Å². The van der Waals surface area contributed by atoms with Gasteiger partial charge in [0.1, 0.15) is 17.5 Å². The number of pyridine rings is 1. The number of aryl methyl sites for hydroxylation is 1. The maximum Gasteiger partial charge on any atom is 0.263 e. The van der Waals surface area contributed by atoms with E-state index in [1.807, 2.05) is 20.8 Å². The quantitative estimate of drug-likeness (QED) is 0.463. The highest BCUT2D eigenvalue weighted by atomic mass is 32.2. The Morgan fingerprint density at radius 2 is 1.75 bits per heavy atom. The molecule has 0 saturated carbocycles. The van der Waals surface area contributed by atoms with E-state index in [0.717, 1.165) is 6.07 Å². The lowest BCUT2D eigenvalue weighted by Gasteiger charge is -2.20. The molecule has 0 radical (unpaired) electrons. The molecule has 32 heavy (non-hydrogen) atoms. The lowest BCUT2D eigenvalue weighted by Crippen LogP contribution is -2.18. The second-order valence-electron chi connectivity index (χ2n) is 8.57. The number of nitrogens with one attached hydrogen (secondary N) is 1. The summed E-state index contributed by atoms with van der Waals surface area (Å²) in [5.74, 6) is -0.854. The fourth-order valence-electron chi connectivity index (χ4n) is 3.51. The Hall–Kier alpha value is -3.33. The van der Waals surface area contributed by atoms with Crippen molar-refractivity contribution in [2.75, 3.05) is 4.72 Å². The van der Waals surface area contributed by atoms with E-state index in [4.69, 9.17) is 0 Å². The Kier molecular flexibility index (Phi) is 5.24. The summed E-state index contributed by atoms with van der Waals surface area (Å²) in [4.78, 5) is 3.96. The Morgan fingerprint density at radius 3 is 2.44 bits per heavy atom. The van der Waals surface area contributed by atoms with Gasteiger partial charge in [-0.25, -0.2) is 21.9 Å². The lowest BCUT2D eigenvalue weighted by atomic mass is 9.87. The first-order valence-corrected chi connectivity index (χ1v) is 11.4. The molecule has 0 atom stereocenters. The van der Waals surface area contributed by atoms with Gasteiger partial charge in [-0.2, -0.15) is 5.10 Å². The van der Waals surface area contributed by atoms with Crippen molar-refractivity contribution in [1.29, 1.82) is 0 Å². The standard InChI is InChI=1S/C23H22F2N4O2S/c1-14-11-22(28-32(30,31)16-6-8-18(19(25)13-16)23(2,3)4)29(27-14)21-9-10-26-20-12-15(24)5-7-17(20)21/h5-13,28H,1-4H3. The van der Waals surface area contributed by atoms with E-state index in [2.05, 4.69) is 14.8 Å². The van der Waals surface area contributed by atoms with Gasteiger partial charge in [-0.1, -0.05) is 26.8 Å². The molecular weight excluding hydrogens is 434 g/mol. The Labute approximate surface area is 185 Å². The van der Waals surface area contributed by atoms with Crippen LogP contribution in [-0.2, 0) is 15.4 Å². The number of fused-ring (bicyclic) bond motifs is 1. The molecule has 0 bridgehead atoms. The molecule has 4 aromatic rings. The zero-order valence-corrected chi connectivity index (χ0v) is 18.8. The Morgan fingerprint density at radius 1 is 1.00 bits per heavy atom. The number of hydrogen-bond acceptors (Lipinski definition) is 4. The maximum absolute atomic E-state index is 14.6. The largest absolute Gasteiger partial charge is 0.263 e. The molecule has 166 valence electrons. The molecule has 0 aliphatic rings. The average Bonchev–Trinajstić information content (AvgIpc) is 3.05. The molecule has 9 heteroatoms. The summed E-state index contributed by atoms with van der Waals surface area (Å²) in [7, 11) is -4.10. The smallest absolute Gasteiger partial charge is 0.263 e. The van der Waals surface area contributed by atoms with Crippen LogP contribution in [0, 0.1) is 18.6 Å². The summed E-state index contributed by atoms with van der Waals surface area (Å²) in [6.07, 6.45) is 1.49. The van der Waals surface area contributed by atoms with Gasteiger partial charge in [0.2, 0.25) is 0 Å². The molecule has 0 saturated heterocycles. The molecule has 4 rings (SSSR count). The number of nitrogens with zero attached hydrogens (tertiary/aromatic N) is 3. The molecule has 2 aromatic carbocycles. The van der Waals surface area contributed by atoms with Gasteiger partial charge >= 0.3 is 0 Å². The fraction of sp³-hybridized carbons (Fsp3) is 0.217. The average molecular weight is 457 g/mol. The van der Waals surface area contributed by atoms with Crippen LogP contribution in [0.5, 0.6) is 0 Å². The van der Waals surface area contributed by atoms with E-state index < -0.39 is 27.1 Å². The fourth-order valence-corrected chi connectivity index (χ4v) is 4.56.